The first-order valence-electron chi connectivity index (χ1n) is 15.9. The lowest BCUT2D eigenvalue weighted by Crippen LogP contribution is -2.51. The Morgan fingerprint density at radius 3 is 2.56 bits per heavy atom. The minimum Gasteiger partial charge on any atom is -0.356 e. The Bertz CT molecular complexity index is 774. The number of nitrogens with one attached hydrogen (secondary N) is 2. The fraction of sp³-hybridized carbons (Fsp3) is 0.909. The third kappa shape index (κ3) is 5.76. The molecular formula is C33H58N2O. The van der Waals surface area contributed by atoms with E-state index in [0.717, 1.165) is 55.0 Å². The summed E-state index contributed by atoms with van der Waals surface area (Å²) in [6, 6.07) is 0.624. The molecule has 5 unspecified atom stereocenters. The predicted octanol–water partition coefficient (Wildman–Crippen LogP) is 7.90. The van der Waals surface area contributed by atoms with Gasteiger partial charge in [-0.05, 0) is 111 Å². The van der Waals surface area contributed by atoms with Crippen LogP contribution < -0.4 is 10.6 Å². The van der Waals surface area contributed by atoms with Crippen molar-refractivity contribution in [2.75, 3.05) is 13.1 Å². The molecule has 1 amide bonds. The van der Waals surface area contributed by atoms with Crippen molar-refractivity contribution in [3.8, 4) is 0 Å². The standard InChI is InChI=1S/C33H58N2O/c1-7-31(36)35-21-9-20-34-26-16-18-32(5)25(22-26)12-13-27-29-15-14-28(24(4)11-8-10-23(2)3)33(29,6)19-17-30(27)32/h12,23-24,26-30,34H,7-11,13-22H2,1-6H3,(H,35,36)/t24-,26-,27?,28?,29-,30?,32?,33?/m0/s1. The lowest BCUT2D eigenvalue weighted by atomic mass is 9.47. The van der Waals surface area contributed by atoms with Crippen molar-refractivity contribution in [3.63, 3.8) is 0 Å². The Morgan fingerprint density at radius 2 is 1.81 bits per heavy atom. The van der Waals surface area contributed by atoms with Crippen LogP contribution in [0.1, 0.15) is 125 Å². The first kappa shape index (κ1) is 28.2. The van der Waals surface area contributed by atoms with Crippen LogP contribution in [-0.4, -0.2) is 25.0 Å². The molecule has 0 heterocycles. The molecule has 36 heavy (non-hydrogen) atoms. The van der Waals surface area contributed by atoms with Crippen LogP contribution in [0, 0.1) is 46.3 Å². The van der Waals surface area contributed by atoms with Gasteiger partial charge in [0.05, 0.1) is 0 Å². The maximum Gasteiger partial charge on any atom is 0.219 e. The molecule has 0 aliphatic heterocycles. The van der Waals surface area contributed by atoms with Crippen molar-refractivity contribution in [2.24, 2.45) is 46.3 Å². The van der Waals surface area contributed by atoms with E-state index in [1.54, 1.807) is 5.57 Å². The van der Waals surface area contributed by atoms with Crippen molar-refractivity contribution in [1.82, 2.24) is 10.6 Å². The summed E-state index contributed by atoms with van der Waals surface area (Å²) in [5.74, 6) is 5.67. The second-order valence-electron chi connectivity index (χ2n) is 14.2. The Hall–Kier alpha value is -0.830. The van der Waals surface area contributed by atoms with E-state index in [-0.39, 0.29) is 5.91 Å². The fourth-order valence-corrected chi connectivity index (χ4v) is 9.61. The van der Waals surface area contributed by atoms with E-state index >= 15 is 0 Å². The van der Waals surface area contributed by atoms with Crippen LogP contribution in [0.4, 0.5) is 0 Å². The van der Waals surface area contributed by atoms with E-state index in [1.807, 2.05) is 6.92 Å². The Balaban J connectivity index is 1.33. The van der Waals surface area contributed by atoms with E-state index in [9.17, 15) is 4.79 Å². The molecule has 3 nitrogen and oxygen atoms in total. The van der Waals surface area contributed by atoms with Gasteiger partial charge in [-0.25, -0.2) is 0 Å². The molecule has 0 radical (unpaired) electrons. The Labute approximate surface area is 223 Å². The van der Waals surface area contributed by atoms with Crippen LogP contribution in [0.3, 0.4) is 0 Å². The zero-order valence-corrected chi connectivity index (χ0v) is 24.6. The monoisotopic (exact) mass is 498 g/mol. The molecule has 0 aromatic carbocycles. The van der Waals surface area contributed by atoms with Crippen LogP contribution in [0.15, 0.2) is 11.6 Å². The number of carbonyl (C=O) groups excluding carboxylic acids is 1. The summed E-state index contributed by atoms with van der Waals surface area (Å²) in [6.07, 6.45) is 19.8. The van der Waals surface area contributed by atoms with Gasteiger partial charge >= 0.3 is 0 Å². The highest BCUT2D eigenvalue weighted by Crippen LogP contribution is 2.67. The second-order valence-corrected chi connectivity index (χ2v) is 14.2. The zero-order valence-electron chi connectivity index (χ0n) is 24.6. The van der Waals surface area contributed by atoms with Gasteiger partial charge in [-0.3, -0.25) is 4.79 Å². The van der Waals surface area contributed by atoms with E-state index in [4.69, 9.17) is 0 Å². The van der Waals surface area contributed by atoms with E-state index < -0.39 is 0 Å². The highest BCUT2D eigenvalue weighted by molar-refractivity contribution is 5.75. The topological polar surface area (TPSA) is 41.1 Å². The molecule has 4 aliphatic rings. The summed E-state index contributed by atoms with van der Waals surface area (Å²) in [4.78, 5) is 11.4. The van der Waals surface area contributed by atoms with Crippen molar-refractivity contribution in [2.45, 2.75) is 131 Å². The number of hydrogen-bond donors (Lipinski definition) is 2. The molecule has 3 heteroatoms. The van der Waals surface area contributed by atoms with Crippen molar-refractivity contribution >= 4 is 5.91 Å². The van der Waals surface area contributed by atoms with Crippen molar-refractivity contribution in [1.29, 1.82) is 0 Å². The lowest BCUT2D eigenvalue weighted by Gasteiger charge is -2.58. The molecule has 3 fully saturated rings. The molecule has 0 saturated heterocycles. The molecule has 0 aromatic heterocycles. The lowest BCUT2D eigenvalue weighted by molar-refractivity contribution is -0.120. The third-order valence-corrected chi connectivity index (χ3v) is 11.7. The van der Waals surface area contributed by atoms with E-state index in [1.165, 1.54) is 70.6 Å². The molecule has 0 spiro atoms. The maximum absolute atomic E-state index is 11.4. The molecule has 4 rings (SSSR count). The normalized spacial score (nSPS) is 38.6. The van der Waals surface area contributed by atoms with Crippen molar-refractivity contribution in [3.05, 3.63) is 11.6 Å². The fourth-order valence-electron chi connectivity index (χ4n) is 9.61. The number of rotatable bonds is 11. The first-order chi connectivity index (χ1) is 17.2. The van der Waals surface area contributed by atoms with Gasteiger partial charge in [0.15, 0.2) is 0 Å². The second kappa shape index (κ2) is 11.9. The Kier molecular flexibility index (Phi) is 9.33. The van der Waals surface area contributed by atoms with Crippen LogP contribution in [0.25, 0.3) is 0 Å². The smallest absolute Gasteiger partial charge is 0.219 e. The largest absolute Gasteiger partial charge is 0.356 e. The molecule has 8 atom stereocenters. The summed E-state index contributed by atoms with van der Waals surface area (Å²) >= 11 is 0. The SMILES string of the molecule is CCC(=O)NCCCN[C@H]1CCC2(C)C(=CCC3C2CCC2(C)C([C@@H](C)CCCC(C)C)CC[C@@H]32)C1. The van der Waals surface area contributed by atoms with Crippen LogP contribution in [-0.2, 0) is 4.79 Å². The van der Waals surface area contributed by atoms with Crippen LogP contribution >= 0.6 is 0 Å². The van der Waals surface area contributed by atoms with Gasteiger partial charge < -0.3 is 10.6 Å². The molecule has 0 bridgehead atoms. The summed E-state index contributed by atoms with van der Waals surface area (Å²) in [6.45, 7) is 16.5. The van der Waals surface area contributed by atoms with Crippen molar-refractivity contribution < 1.29 is 4.79 Å². The van der Waals surface area contributed by atoms with Gasteiger partial charge in [0.2, 0.25) is 5.91 Å². The Morgan fingerprint density at radius 1 is 1.00 bits per heavy atom. The van der Waals surface area contributed by atoms with Gasteiger partial charge in [-0.1, -0.05) is 72.5 Å². The summed E-state index contributed by atoms with van der Waals surface area (Å²) < 4.78 is 0. The van der Waals surface area contributed by atoms with Gasteiger partial charge in [-0.15, -0.1) is 0 Å². The number of fused-ring (bicyclic) bond motifs is 5. The average molecular weight is 499 g/mol. The van der Waals surface area contributed by atoms with Crippen LogP contribution in [0.2, 0.25) is 0 Å². The highest BCUT2D eigenvalue weighted by atomic mass is 16.1. The van der Waals surface area contributed by atoms with Gasteiger partial charge in [0, 0.05) is 19.0 Å². The quantitative estimate of drug-likeness (QED) is 0.224. The predicted molar refractivity (Wildman–Crippen MR) is 153 cm³/mol. The molecule has 3 saturated carbocycles. The number of hydrogen-bond acceptors (Lipinski definition) is 2. The summed E-state index contributed by atoms with van der Waals surface area (Å²) in [5, 5.41) is 6.84. The molecule has 206 valence electrons. The molecule has 2 N–H and O–H groups in total. The number of allylic oxidation sites excluding steroid dienone is 1. The number of carbonyl (C=O) groups is 1. The summed E-state index contributed by atoms with van der Waals surface area (Å²) in [5.41, 5.74) is 2.82. The van der Waals surface area contributed by atoms with Gasteiger partial charge in [0.1, 0.15) is 0 Å². The maximum atomic E-state index is 11.4. The number of amides is 1. The summed E-state index contributed by atoms with van der Waals surface area (Å²) in [7, 11) is 0. The highest BCUT2D eigenvalue weighted by Gasteiger charge is 2.59. The van der Waals surface area contributed by atoms with Gasteiger partial charge in [0.25, 0.3) is 0 Å². The average Bonchev–Trinajstić information content (AvgIpc) is 3.20. The van der Waals surface area contributed by atoms with Crippen LogP contribution in [0.5, 0.6) is 0 Å². The van der Waals surface area contributed by atoms with E-state index in [0.29, 0.717) is 23.3 Å². The van der Waals surface area contributed by atoms with Gasteiger partial charge in [-0.2, -0.15) is 0 Å². The first-order valence-corrected chi connectivity index (χ1v) is 15.9. The zero-order chi connectivity index (χ0) is 25.9. The van der Waals surface area contributed by atoms with E-state index in [2.05, 4.69) is 51.3 Å². The minimum atomic E-state index is 0.170. The molecule has 0 aromatic rings. The minimum absolute atomic E-state index is 0.170. The molecular weight excluding hydrogens is 440 g/mol. The molecule has 4 aliphatic carbocycles. The third-order valence-electron chi connectivity index (χ3n) is 11.7.